The Balaban J connectivity index is 1.98. The molecule has 1 aromatic rings. The topological polar surface area (TPSA) is 37.4 Å². The summed E-state index contributed by atoms with van der Waals surface area (Å²) in [7, 11) is 0. The van der Waals surface area contributed by atoms with Crippen molar-refractivity contribution in [2.75, 3.05) is 4.90 Å². The second kappa shape index (κ2) is 4.44. The van der Waals surface area contributed by atoms with Gasteiger partial charge in [-0.25, -0.2) is 9.29 Å². The first-order valence-corrected chi connectivity index (χ1v) is 6.73. The molecule has 1 heterocycles. The molecule has 0 N–H and O–H groups in total. The van der Waals surface area contributed by atoms with Crippen molar-refractivity contribution in [3.63, 3.8) is 0 Å². The first kappa shape index (κ1) is 12.3. The van der Waals surface area contributed by atoms with Crippen molar-refractivity contribution in [1.29, 1.82) is 0 Å². The standard InChI is InChI=1S/C15H16FNO2/c1-9-6-7-10(8-13(9)16)17-14(18)11-4-2-3-5-12(11)15(17)19/h6-8,11-12H,2-5H2,1H3. The molecule has 3 rings (SSSR count). The van der Waals surface area contributed by atoms with Crippen LogP contribution in [0.5, 0.6) is 0 Å². The number of rotatable bonds is 1. The molecule has 2 aliphatic rings. The predicted molar refractivity (Wildman–Crippen MR) is 69.1 cm³/mol. The molecule has 19 heavy (non-hydrogen) atoms. The van der Waals surface area contributed by atoms with E-state index in [1.165, 1.54) is 11.0 Å². The van der Waals surface area contributed by atoms with Crippen LogP contribution in [-0.4, -0.2) is 11.8 Å². The van der Waals surface area contributed by atoms with Gasteiger partial charge in [0, 0.05) is 0 Å². The number of imide groups is 1. The Labute approximate surface area is 111 Å². The highest BCUT2D eigenvalue weighted by Gasteiger charge is 2.48. The normalized spacial score (nSPS) is 26.7. The molecule has 100 valence electrons. The highest BCUT2D eigenvalue weighted by molar-refractivity contribution is 6.22. The quantitative estimate of drug-likeness (QED) is 0.729. The maximum Gasteiger partial charge on any atom is 0.237 e. The molecule has 2 atom stereocenters. The van der Waals surface area contributed by atoms with Crippen LogP contribution in [0.25, 0.3) is 0 Å². The van der Waals surface area contributed by atoms with E-state index < -0.39 is 0 Å². The third-order valence-corrected chi connectivity index (χ3v) is 4.25. The van der Waals surface area contributed by atoms with E-state index in [1.54, 1.807) is 19.1 Å². The summed E-state index contributed by atoms with van der Waals surface area (Å²) >= 11 is 0. The van der Waals surface area contributed by atoms with E-state index in [1.807, 2.05) is 0 Å². The van der Waals surface area contributed by atoms with Crippen molar-refractivity contribution in [3.05, 3.63) is 29.6 Å². The molecule has 2 fully saturated rings. The van der Waals surface area contributed by atoms with E-state index in [-0.39, 0.29) is 29.5 Å². The van der Waals surface area contributed by atoms with E-state index in [0.717, 1.165) is 25.7 Å². The number of hydrogen-bond acceptors (Lipinski definition) is 2. The number of nitrogens with zero attached hydrogens (tertiary/aromatic N) is 1. The van der Waals surface area contributed by atoms with Crippen LogP contribution in [0.15, 0.2) is 18.2 Å². The fourth-order valence-corrected chi connectivity index (χ4v) is 3.14. The van der Waals surface area contributed by atoms with E-state index in [9.17, 15) is 14.0 Å². The molecule has 2 unspecified atom stereocenters. The van der Waals surface area contributed by atoms with Crippen LogP contribution in [0, 0.1) is 24.6 Å². The Morgan fingerprint density at radius 1 is 1.11 bits per heavy atom. The summed E-state index contributed by atoms with van der Waals surface area (Å²) in [5, 5.41) is 0. The molecule has 1 aliphatic heterocycles. The van der Waals surface area contributed by atoms with Crippen molar-refractivity contribution < 1.29 is 14.0 Å². The van der Waals surface area contributed by atoms with Crippen molar-refractivity contribution >= 4 is 17.5 Å². The number of aryl methyl sites for hydroxylation is 1. The number of carbonyl (C=O) groups excluding carboxylic acids is 2. The fraction of sp³-hybridized carbons (Fsp3) is 0.467. The van der Waals surface area contributed by atoms with Crippen LogP contribution in [-0.2, 0) is 9.59 Å². The Bertz CT molecular complexity index is 531. The van der Waals surface area contributed by atoms with Gasteiger partial charge in [0.25, 0.3) is 0 Å². The molecule has 0 bridgehead atoms. The van der Waals surface area contributed by atoms with Crippen molar-refractivity contribution in [2.24, 2.45) is 11.8 Å². The maximum atomic E-state index is 13.6. The largest absolute Gasteiger partial charge is 0.274 e. The first-order chi connectivity index (χ1) is 9.09. The van der Waals surface area contributed by atoms with Crippen LogP contribution >= 0.6 is 0 Å². The third-order valence-electron chi connectivity index (χ3n) is 4.25. The number of anilines is 1. The molecular formula is C15H16FNO2. The number of hydrogen-bond donors (Lipinski definition) is 0. The monoisotopic (exact) mass is 261 g/mol. The summed E-state index contributed by atoms with van der Waals surface area (Å²) < 4.78 is 13.6. The lowest BCUT2D eigenvalue weighted by Crippen LogP contribution is -2.30. The molecule has 0 spiro atoms. The van der Waals surface area contributed by atoms with Crippen molar-refractivity contribution in [2.45, 2.75) is 32.6 Å². The minimum atomic E-state index is -0.382. The van der Waals surface area contributed by atoms with Gasteiger partial charge in [0.1, 0.15) is 5.82 Å². The highest BCUT2D eigenvalue weighted by Crippen LogP contribution is 2.40. The lowest BCUT2D eigenvalue weighted by atomic mass is 9.81. The first-order valence-electron chi connectivity index (χ1n) is 6.73. The number of carbonyl (C=O) groups is 2. The van der Waals surface area contributed by atoms with E-state index >= 15 is 0 Å². The van der Waals surface area contributed by atoms with Gasteiger partial charge in [-0.3, -0.25) is 9.59 Å². The minimum Gasteiger partial charge on any atom is -0.274 e. The lowest BCUT2D eigenvalue weighted by Gasteiger charge is -2.19. The average Bonchev–Trinajstić information content (AvgIpc) is 2.66. The summed E-state index contributed by atoms with van der Waals surface area (Å²) in [5.74, 6) is -1.07. The molecule has 1 aromatic carbocycles. The molecular weight excluding hydrogens is 245 g/mol. The molecule has 0 radical (unpaired) electrons. The van der Waals surface area contributed by atoms with E-state index in [0.29, 0.717) is 11.3 Å². The van der Waals surface area contributed by atoms with E-state index in [2.05, 4.69) is 0 Å². The molecule has 2 amide bonds. The maximum absolute atomic E-state index is 13.6. The molecule has 1 aliphatic carbocycles. The van der Waals surface area contributed by atoms with Gasteiger partial charge in [0.05, 0.1) is 17.5 Å². The molecule has 0 aromatic heterocycles. The number of fused-ring (bicyclic) bond motifs is 1. The zero-order valence-corrected chi connectivity index (χ0v) is 10.9. The van der Waals surface area contributed by atoms with Gasteiger partial charge in [-0.2, -0.15) is 0 Å². The second-order valence-electron chi connectivity index (χ2n) is 5.44. The summed E-state index contributed by atoms with van der Waals surface area (Å²) in [6.45, 7) is 1.66. The van der Waals surface area contributed by atoms with Crippen molar-refractivity contribution in [3.8, 4) is 0 Å². The van der Waals surface area contributed by atoms with Gasteiger partial charge in [-0.15, -0.1) is 0 Å². The average molecular weight is 261 g/mol. The predicted octanol–water partition coefficient (Wildman–Crippen LogP) is 2.81. The van der Waals surface area contributed by atoms with Gasteiger partial charge >= 0.3 is 0 Å². The van der Waals surface area contributed by atoms with Crippen LogP contribution in [0.2, 0.25) is 0 Å². The van der Waals surface area contributed by atoms with Gasteiger partial charge in [0.2, 0.25) is 11.8 Å². The van der Waals surface area contributed by atoms with E-state index in [4.69, 9.17) is 0 Å². The Hall–Kier alpha value is -1.71. The summed E-state index contributed by atoms with van der Waals surface area (Å²) in [5.41, 5.74) is 0.882. The Morgan fingerprint density at radius 3 is 2.21 bits per heavy atom. The SMILES string of the molecule is Cc1ccc(N2C(=O)C3CCCCC3C2=O)cc1F. The van der Waals surface area contributed by atoms with Crippen LogP contribution in [0.4, 0.5) is 10.1 Å². The van der Waals surface area contributed by atoms with Gasteiger partial charge in [-0.1, -0.05) is 18.9 Å². The smallest absolute Gasteiger partial charge is 0.237 e. The minimum absolute atomic E-state index is 0.155. The summed E-state index contributed by atoms with van der Waals surface area (Å²) in [6.07, 6.45) is 3.55. The van der Waals surface area contributed by atoms with Crippen LogP contribution in [0.3, 0.4) is 0 Å². The summed E-state index contributed by atoms with van der Waals surface area (Å²) in [4.78, 5) is 25.8. The Kier molecular flexibility index (Phi) is 2.88. The molecule has 4 heteroatoms. The second-order valence-corrected chi connectivity index (χ2v) is 5.44. The van der Waals surface area contributed by atoms with Gasteiger partial charge in [-0.05, 0) is 37.5 Å². The lowest BCUT2D eigenvalue weighted by molar-refractivity contribution is -0.122. The molecule has 3 nitrogen and oxygen atoms in total. The van der Waals surface area contributed by atoms with Crippen LogP contribution < -0.4 is 4.90 Å². The van der Waals surface area contributed by atoms with Crippen LogP contribution in [0.1, 0.15) is 31.2 Å². The van der Waals surface area contributed by atoms with Gasteiger partial charge < -0.3 is 0 Å². The third kappa shape index (κ3) is 1.86. The molecule has 1 saturated heterocycles. The van der Waals surface area contributed by atoms with Gasteiger partial charge in [0.15, 0.2) is 0 Å². The zero-order chi connectivity index (χ0) is 13.6. The number of benzene rings is 1. The van der Waals surface area contributed by atoms with Crippen molar-refractivity contribution in [1.82, 2.24) is 0 Å². The number of amides is 2. The molecule has 1 saturated carbocycles. The number of halogens is 1. The zero-order valence-electron chi connectivity index (χ0n) is 10.9. The summed E-state index contributed by atoms with van der Waals surface area (Å²) in [6, 6.07) is 4.53. The highest BCUT2D eigenvalue weighted by atomic mass is 19.1. The fourth-order valence-electron chi connectivity index (χ4n) is 3.14. The Morgan fingerprint density at radius 2 is 1.68 bits per heavy atom.